The Morgan fingerprint density at radius 3 is 2.79 bits per heavy atom. The summed E-state index contributed by atoms with van der Waals surface area (Å²) in [4.78, 5) is 11.8. The third-order valence-corrected chi connectivity index (χ3v) is 2.25. The molecule has 102 valence electrons. The molecule has 0 unspecified atom stereocenters. The molecule has 0 aliphatic heterocycles. The van der Waals surface area contributed by atoms with Crippen LogP contribution in [0.4, 0.5) is 5.69 Å². The third-order valence-electron chi connectivity index (χ3n) is 2.15. The molecule has 0 aliphatic carbocycles. The van der Waals surface area contributed by atoms with E-state index in [2.05, 4.69) is 28.1 Å². The standard InChI is InChI=1S/C12H16N4O2S/c1-8(15-16-12(13)19)7-11(17)14-9-5-3-4-6-10(9)18-2/h3-6H,7H2,1-2H3,(H,14,17)(H3,13,16,19)/b15-8+. The maximum Gasteiger partial charge on any atom is 0.230 e. The minimum Gasteiger partial charge on any atom is -0.495 e. The maximum absolute atomic E-state index is 11.8. The highest BCUT2D eigenvalue weighted by atomic mass is 32.1. The lowest BCUT2D eigenvalue weighted by molar-refractivity contribution is -0.115. The second-order valence-corrected chi connectivity index (χ2v) is 4.19. The van der Waals surface area contributed by atoms with Gasteiger partial charge in [0.1, 0.15) is 5.75 Å². The SMILES string of the molecule is COc1ccccc1NC(=O)C/C(C)=N/NC(N)=S. The van der Waals surface area contributed by atoms with Gasteiger partial charge in [0.15, 0.2) is 5.11 Å². The summed E-state index contributed by atoms with van der Waals surface area (Å²) in [5.74, 6) is 0.405. The van der Waals surface area contributed by atoms with Crippen molar-refractivity contribution in [3.63, 3.8) is 0 Å². The van der Waals surface area contributed by atoms with Crippen molar-refractivity contribution in [3.8, 4) is 5.75 Å². The number of carbonyl (C=O) groups excluding carboxylic acids is 1. The predicted octanol–water partition coefficient (Wildman–Crippen LogP) is 1.23. The van der Waals surface area contributed by atoms with Crippen molar-refractivity contribution in [2.45, 2.75) is 13.3 Å². The van der Waals surface area contributed by atoms with E-state index >= 15 is 0 Å². The summed E-state index contributed by atoms with van der Waals surface area (Å²) in [5.41, 5.74) is 8.84. The molecule has 0 radical (unpaired) electrons. The van der Waals surface area contributed by atoms with E-state index in [1.807, 2.05) is 12.1 Å². The first-order chi connectivity index (χ1) is 9.02. The van der Waals surface area contributed by atoms with Crippen molar-refractivity contribution in [2.75, 3.05) is 12.4 Å². The number of amides is 1. The van der Waals surface area contributed by atoms with Crippen LogP contribution >= 0.6 is 12.2 Å². The van der Waals surface area contributed by atoms with Gasteiger partial charge in [0.2, 0.25) is 5.91 Å². The monoisotopic (exact) mass is 280 g/mol. The van der Waals surface area contributed by atoms with Gasteiger partial charge in [-0.05, 0) is 31.3 Å². The maximum atomic E-state index is 11.8. The fourth-order valence-corrected chi connectivity index (χ4v) is 1.41. The van der Waals surface area contributed by atoms with Crippen molar-refractivity contribution in [2.24, 2.45) is 10.8 Å². The number of nitrogens with zero attached hydrogens (tertiary/aromatic N) is 1. The molecule has 1 aromatic carbocycles. The molecule has 0 fully saturated rings. The Bertz CT molecular complexity index is 502. The van der Waals surface area contributed by atoms with Crippen LogP contribution < -0.4 is 21.2 Å². The highest BCUT2D eigenvalue weighted by Crippen LogP contribution is 2.22. The topological polar surface area (TPSA) is 88.7 Å². The van der Waals surface area contributed by atoms with Crippen LogP contribution in [0.3, 0.4) is 0 Å². The summed E-state index contributed by atoms with van der Waals surface area (Å²) in [6, 6.07) is 7.17. The van der Waals surface area contributed by atoms with Gasteiger partial charge in [-0.15, -0.1) is 0 Å². The summed E-state index contributed by atoms with van der Waals surface area (Å²) < 4.78 is 5.14. The molecule has 1 aromatic rings. The van der Waals surface area contributed by atoms with E-state index < -0.39 is 0 Å². The van der Waals surface area contributed by atoms with Crippen LogP contribution in [0.15, 0.2) is 29.4 Å². The number of rotatable bonds is 5. The zero-order valence-electron chi connectivity index (χ0n) is 10.8. The number of hydrogen-bond acceptors (Lipinski definition) is 4. The highest BCUT2D eigenvalue weighted by molar-refractivity contribution is 7.80. The predicted molar refractivity (Wildman–Crippen MR) is 79.3 cm³/mol. The van der Waals surface area contributed by atoms with E-state index in [0.717, 1.165) is 0 Å². The van der Waals surface area contributed by atoms with Gasteiger partial charge in [0.25, 0.3) is 0 Å². The lowest BCUT2D eigenvalue weighted by atomic mass is 10.2. The van der Waals surface area contributed by atoms with E-state index in [-0.39, 0.29) is 17.4 Å². The lowest BCUT2D eigenvalue weighted by Gasteiger charge is -2.09. The van der Waals surface area contributed by atoms with Crippen molar-refractivity contribution in [1.82, 2.24) is 5.43 Å². The van der Waals surface area contributed by atoms with Gasteiger partial charge in [-0.2, -0.15) is 5.10 Å². The van der Waals surface area contributed by atoms with Crippen molar-refractivity contribution >= 4 is 34.6 Å². The van der Waals surface area contributed by atoms with E-state index in [4.69, 9.17) is 10.5 Å². The summed E-state index contributed by atoms with van der Waals surface area (Å²) in [6.07, 6.45) is 0.133. The number of methoxy groups -OCH3 is 1. The summed E-state index contributed by atoms with van der Waals surface area (Å²) in [5, 5.41) is 6.66. The van der Waals surface area contributed by atoms with E-state index in [1.165, 1.54) is 0 Å². The molecule has 1 rings (SSSR count). The average molecular weight is 280 g/mol. The number of para-hydroxylation sites is 2. The van der Waals surface area contributed by atoms with Crippen LogP contribution in [-0.2, 0) is 4.79 Å². The second kappa shape index (κ2) is 7.32. The minimum atomic E-state index is -0.199. The number of hydrazone groups is 1. The van der Waals surface area contributed by atoms with Crippen LogP contribution in [0.25, 0.3) is 0 Å². The second-order valence-electron chi connectivity index (χ2n) is 3.75. The van der Waals surface area contributed by atoms with Crippen molar-refractivity contribution in [3.05, 3.63) is 24.3 Å². The molecule has 6 nitrogen and oxygen atoms in total. The van der Waals surface area contributed by atoms with Crippen LogP contribution in [0.2, 0.25) is 0 Å². The third kappa shape index (κ3) is 5.35. The molecule has 0 saturated heterocycles. The Morgan fingerprint density at radius 1 is 1.47 bits per heavy atom. The van der Waals surface area contributed by atoms with E-state index in [0.29, 0.717) is 17.1 Å². The van der Waals surface area contributed by atoms with Gasteiger partial charge in [-0.3, -0.25) is 10.2 Å². The smallest absolute Gasteiger partial charge is 0.230 e. The fraction of sp³-hybridized carbons (Fsp3) is 0.250. The normalized spacial score (nSPS) is 10.7. The summed E-state index contributed by atoms with van der Waals surface area (Å²) >= 11 is 4.61. The molecule has 1 amide bonds. The number of benzene rings is 1. The number of carbonyl (C=O) groups is 1. The summed E-state index contributed by atoms with van der Waals surface area (Å²) in [7, 11) is 1.55. The Labute approximate surface area is 117 Å². The number of nitrogens with one attached hydrogen (secondary N) is 2. The molecule has 4 N–H and O–H groups in total. The van der Waals surface area contributed by atoms with Gasteiger partial charge in [0.05, 0.1) is 19.2 Å². The van der Waals surface area contributed by atoms with Gasteiger partial charge in [0, 0.05) is 5.71 Å². The Hall–Kier alpha value is -2.15. The highest BCUT2D eigenvalue weighted by Gasteiger charge is 2.08. The lowest BCUT2D eigenvalue weighted by Crippen LogP contribution is -2.26. The van der Waals surface area contributed by atoms with E-state index in [9.17, 15) is 4.79 Å². The Morgan fingerprint density at radius 2 is 2.16 bits per heavy atom. The molecule has 0 bridgehead atoms. The molecule has 7 heteroatoms. The number of thiocarbonyl (C=S) groups is 1. The molecule has 0 spiro atoms. The minimum absolute atomic E-state index is 0.0597. The number of ether oxygens (including phenoxy) is 1. The van der Waals surface area contributed by atoms with Gasteiger partial charge >= 0.3 is 0 Å². The molecule has 0 saturated carbocycles. The van der Waals surface area contributed by atoms with Gasteiger partial charge < -0.3 is 15.8 Å². The van der Waals surface area contributed by atoms with Crippen LogP contribution in [0.5, 0.6) is 5.75 Å². The van der Waals surface area contributed by atoms with Crippen molar-refractivity contribution < 1.29 is 9.53 Å². The zero-order chi connectivity index (χ0) is 14.3. The first kappa shape index (κ1) is 14.9. The number of anilines is 1. The Balaban J connectivity index is 2.60. The molecule has 0 aliphatic rings. The Kier molecular flexibility index (Phi) is 5.74. The van der Waals surface area contributed by atoms with Gasteiger partial charge in [-0.1, -0.05) is 12.1 Å². The van der Waals surface area contributed by atoms with Crippen LogP contribution in [0.1, 0.15) is 13.3 Å². The molecule has 0 aromatic heterocycles. The first-order valence-electron chi connectivity index (χ1n) is 5.54. The largest absolute Gasteiger partial charge is 0.495 e. The first-order valence-corrected chi connectivity index (χ1v) is 5.95. The zero-order valence-corrected chi connectivity index (χ0v) is 11.6. The molecule has 19 heavy (non-hydrogen) atoms. The molecule has 0 atom stereocenters. The van der Waals surface area contributed by atoms with Gasteiger partial charge in [-0.25, -0.2) is 0 Å². The number of nitrogens with two attached hydrogens (primary N) is 1. The van der Waals surface area contributed by atoms with Crippen molar-refractivity contribution in [1.29, 1.82) is 0 Å². The average Bonchev–Trinajstić information content (AvgIpc) is 2.37. The molecular weight excluding hydrogens is 264 g/mol. The van der Waals surface area contributed by atoms with Crippen LogP contribution in [0, 0.1) is 0 Å². The van der Waals surface area contributed by atoms with E-state index in [1.54, 1.807) is 26.2 Å². The quantitative estimate of drug-likeness (QED) is 0.429. The van der Waals surface area contributed by atoms with Crippen LogP contribution in [-0.4, -0.2) is 23.8 Å². The summed E-state index contributed by atoms with van der Waals surface area (Å²) in [6.45, 7) is 1.70. The molecular formula is C12H16N4O2S. The fourth-order valence-electron chi connectivity index (χ4n) is 1.36. The number of hydrogen-bond donors (Lipinski definition) is 3. The molecule has 0 heterocycles.